The maximum absolute atomic E-state index is 12.1. The molecule has 3 aromatic rings. The number of amides is 1. The molecule has 9 heteroatoms. The van der Waals surface area contributed by atoms with Crippen molar-refractivity contribution < 1.29 is 14.5 Å². The van der Waals surface area contributed by atoms with Crippen molar-refractivity contribution in [3.05, 3.63) is 80.1 Å². The molecule has 142 valence electrons. The van der Waals surface area contributed by atoms with E-state index in [1.807, 2.05) is 6.92 Å². The molecule has 1 amide bonds. The highest BCUT2D eigenvalue weighted by atomic mass is 16.6. The van der Waals surface area contributed by atoms with E-state index in [0.29, 0.717) is 17.9 Å². The summed E-state index contributed by atoms with van der Waals surface area (Å²) in [6.07, 6.45) is 1.23. The molecule has 0 unspecified atom stereocenters. The van der Waals surface area contributed by atoms with Crippen LogP contribution < -0.4 is 15.7 Å². The van der Waals surface area contributed by atoms with Crippen LogP contribution in [0.3, 0.4) is 0 Å². The summed E-state index contributed by atoms with van der Waals surface area (Å²) in [5.74, 6) is 0.124. The summed E-state index contributed by atoms with van der Waals surface area (Å²) < 4.78 is 5.44. The number of nitro groups is 1. The van der Waals surface area contributed by atoms with Gasteiger partial charge in [-0.05, 0) is 43.3 Å². The monoisotopic (exact) mass is 380 g/mol. The number of rotatable bonds is 6. The number of nitrogens with zero attached hydrogens (tertiary/aromatic N) is 2. The Bertz CT molecular complexity index is 1120. The van der Waals surface area contributed by atoms with Gasteiger partial charge in [-0.2, -0.15) is 5.10 Å². The van der Waals surface area contributed by atoms with Crippen LogP contribution in [-0.2, 0) is 0 Å². The third kappa shape index (κ3) is 4.21. The first-order valence-electron chi connectivity index (χ1n) is 8.35. The topological polar surface area (TPSA) is 127 Å². The minimum absolute atomic E-state index is 0.117. The fourth-order valence-corrected chi connectivity index (χ4v) is 2.51. The number of aromatic nitrogens is 1. The second kappa shape index (κ2) is 8.12. The van der Waals surface area contributed by atoms with E-state index in [4.69, 9.17) is 4.74 Å². The van der Waals surface area contributed by atoms with E-state index in [9.17, 15) is 19.7 Å². The van der Waals surface area contributed by atoms with E-state index in [1.165, 1.54) is 30.5 Å². The number of H-pyrrole nitrogens is 1. The first kappa shape index (κ1) is 18.8. The highest BCUT2D eigenvalue weighted by Crippen LogP contribution is 2.19. The zero-order chi connectivity index (χ0) is 20.1. The lowest BCUT2D eigenvalue weighted by Gasteiger charge is -2.05. The second-order valence-electron chi connectivity index (χ2n) is 5.74. The predicted molar refractivity (Wildman–Crippen MR) is 104 cm³/mol. The van der Waals surface area contributed by atoms with Gasteiger partial charge in [0.05, 0.1) is 23.3 Å². The Morgan fingerprint density at radius 3 is 2.68 bits per heavy atom. The number of aromatic amines is 1. The molecule has 0 saturated carbocycles. The number of fused-ring (bicyclic) bond motifs is 1. The minimum Gasteiger partial charge on any atom is -0.494 e. The molecular formula is C19H16N4O5. The predicted octanol–water partition coefficient (Wildman–Crippen LogP) is 2.60. The summed E-state index contributed by atoms with van der Waals surface area (Å²) >= 11 is 0. The molecule has 0 saturated heterocycles. The molecule has 1 heterocycles. The lowest BCUT2D eigenvalue weighted by molar-refractivity contribution is -0.384. The molecule has 1 aromatic heterocycles. The van der Waals surface area contributed by atoms with E-state index in [0.717, 1.165) is 5.39 Å². The van der Waals surface area contributed by atoms with Gasteiger partial charge in [-0.25, -0.2) is 5.43 Å². The zero-order valence-corrected chi connectivity index (χ0v) is 14.8. The van der Waals surface area contributed by atoms with E-state index >= 15 is 0 Å². The van der Waals surface area contributed by atoms with Crippen molar-refractivity contribution in [2.75, 3.05) is 6.61 Å². The minimum atomic E-state index is -0.554. The van der Waals surface area contributed by atoms with Gasteiger partial charge >= 0.3 is 0 Å². The van der Waals surface area contributed by atoms with Crippen molar-refractivity contribution in [2.45, 2.75) is 6.92 Å². The van der Waals surface area contributed by atoms with Crippen molar-refractivity contribution >= 4 is 28.7 Å². The van der Waals surface area contributed by atoms with Gasteiger partial charge in [0.25, 0.3) is 17.2 Å². The van der Waals surface area contributed by atoms with Crippen molar-refractivity contribution in [1.82, 2.24) is 10.4 Å². The Labute approximate surface area is 158 Å². The number of hydrogen-bond donors (Lipinski definition) is 2. The lowest BCUT2D eigenvalue weighted by atomic mass is 10.1. The molecule has 9 nitrogen and oxygen atoms in total. The average molecular weight is 380 g/mol. The summed E-state index contributed by atoms with van der Waals surface area (Å²) in [7, 11) is 0. The Kier molecular flexibility index (Phi) is 5.45. The van der Waals surface area contributed by atoms with Crippen molar-refractivity contribution in [2.24, 2.45) is 5.10 Å². The molecule has 0 fully saturated rings. The normalized spacial score (nSPS) is 10.9. The van der Waals surface area contributed by atoms with Crippen LogP contribution in [0.25, 0.3) is 10.9 Å². The van der Waals surface area contributed by atoms with Crippen molar-refractivity contribution in [3.8, 4) is 5.75 Å². The van der Waals surface area contributed by atoms with Crippen LogP contribution in [0, 0.1) is 10.1 Å². The number of non-ortho nitro benzene ring substituents is 1. The number of benzene rings is 2. The molecule has 0 bridgehead atoms. The largest absolute Gasteiger partial charge is 0.494 e. The molecule has 0 radical (unpaired) electrons. The third-order valence-corrected chi connectivity index (χ3v) is 3.87. The van der Waals surface area contributed by atoms with Gasteiger partial charge in [0.1, 0.15) is 5.75 Å². The maximum atomic E-state index is 12.1. The standard InChI is InChI=1S/C19H16N4O5/c1-2-28-16-7-8-17-13(10-16)9-14(18(24)21-17)11-20-22-19(25)12-3-5-15(6-4-12)23(26)27/h3-11H,2H2,1H3,(H,21,24)(H,22,25). The molecule has 0 spiro atoms. The molecule has 3 rings (SSSR count). The summed E-state index contributed by atoms with van der Waals surface area (Å²) in [6, 6.07) is 12.0. The molecular weight excluding hydrogens is 364 g/mol. The summed E-state index contributed by atoms with van der Waals surface area (Å²) in [5.41, 5.74) is 2.93. The van der Waals surface area contributed by atoms with E-state index in [2.05, 4.69) is 15.5 Å². The van der Waals surface area contributed by atoms with Gasteiger partial charge in [-0.15, -0.1) is 0 Å². The number of ether oxygens (including phenoxy) is 1. The molecule has 2 aromatic carbocycles. The number of hydrogen-bond acceptors (Lipinski definition) is 6. The Morgan fingerprint density at radius 1 is 1.25 bits per heavy atom. The number of nitrogens with one attached hydrogen (secondary N) is 2. The fraction of sp³-hybridized carbons (Fsp3) is 0.105. The van der Waals surface area contributed by atoms with Gasteiger partial charge in [-0.3, -0.25) is 19.7 Å². The van der Waals surface area contributed by atoms with Gasteiger partial charge in [0.2, 0.25) is 0 Å². The first-order chi connectivity index (χ1) is 13.5. The van der Waals surface area contributed by atoms with Gasteiger partial charge in [0.15, 0.2) is 0 Å². The molecule has 0 aliphatic heterocycles. The third-order valence-electron chi connectivity index (χ3n) is 3.87. The molecule has 0 aliphatic carbocycles. The molecule has 28 heavy (non-hydrogen) atoms. The van der Waals surface area contributed by atoms with Crippen molar-refractivity contribution in [3.63, 3.8) is 0 Å². The SMILES string of the molecule is CCOc1ccc2[nH]c(=O)c(C=NNC(=O)c3ccc([N+](=O)[O-])cc3)cc2c1. The summed E-state index contributed by atoms with van der Waals surface area (Å²) in [6.45, 7) is 2.40. The zero-order valence-electron chi connectivity index (χ0n) is 14.8. The van der Waals surface area contributed by atoms with E-state index in [-0.39, 0.29) is 22.4 Å². The second-order valence-corrected chi connectivity index (χ2v) is 5.74. The van der Waals surface area contributed by atoms with Crippen LogP contribution in [0.2, 0.25) is 0 Å². The lowest BCUT2D eigenvalue weighted by Crippen LogP contribution is -2.19. The maximum Gasteiger partial charge on any atom is 0.271 e. The molecule has 2 N–H and O–H groups in total. The van der Waals surface area contributed by atoms with E-state index < -0.39 is 10.8 Å². The van der Waals surface area contributed by atoms with Crippen LogP contribution in [0.5, 0.6) is 5.75 Å². The average Bonchev–Trinajstić information content (AvgIpc) is 2.69. The highest BCUT2D eigenvalue weighted by Gasteiger charge is 2.09. The number of carbonyl (C=O) groups excluding carboxylic acids is 1. The molecule has 0 aliphatic rings. The van der Waals surface area contributed by atoms with Crippen molar-refractivity contribution in [1.29, 1.82) is 0 Å². The van der Waals surface area contributed by atoms with Crippen LogP contribution in [0.15, 0.2) is 58.4 Å². The Hall–Kier alpha value is -4.01. The van der Waals surface area contributed by atoms with Crippen LogP contribution in [0.4, 0.5) is 5.69 Å². The quantitative estimate of drug-likeness (QED) is 0.386. The summed E-state index contributed by atoms with van der Waals surface area (Å²) in [5, 5.41) is 15.2. The first-order valence-corrected chi connectivity index (χ1v) is 8.35. The van der Waals surface area contributed by atoms with Crippen LogP contribution in [0.1, 0.15) is 22.8 Å². The number of pyridine rings is 1. The number of hydrazone groups is 1. The van der Waals surface area contributed by atoms with Crippen LogP contribution in [-0.4, -0.2) is 28.6 Å². The van der Waals surface area contributed by atoms with Gasteiger partial charge < -0.3 is 9.72 Å². The Balaban J connectivity index is 1.76. The smallest absolute Gasteiger partial charge is 0.271 e. The summed E-state index contributed by atoms with van der Waals surface area (Å²) in [4.78, 5) is 37.0. The highest BCUT2D eigenvalue weighted by molar-refractivity contribution is 5.95. The fourth-order valence-electron chi connectivity index (χ4n) is 2.51. The van der Waals surface area contributed by atoms with Gasteiger partial charge in [0, 0.05) is 28.6 Å². The van der Waals surface area contributed by atoms with E-state index in [1.54, 1.807) is 24.3 Å². The van der Waals surface area contributed by atoms with Crippen LogP contribution >= 0.6 is 0 Å². The van der Waals surface area contributed by atoms with Gasteiger partial charge in [-0.1, -0.05) is 0 Å². The molecule has 0 atom stereocenters. The number of carbonyl (C=O) groups is 1. The Morgan fingerprint density at radius 2 is 2.00 bits per heavy atom. The number of nitro benzene ring substituents is 1.